The van der Waals surface area contributed by atoms with Crippen LogP contribution in [0.4, 0.5) is 5.69 Å². The van der Waals surface area contributed by atoms with Gasteiger partial charge in [0.1, 0.15) is 18.1 Å². The van der Waals surface area contributed by atoms with Crippen LogP contribution in [-0.2, 0) is 13.0 Å². The SMILES string of the molecule is Nc1cccc(OCc2cc(-c3cccc(OCCc4ccccc4)c3)n[nH]2)c1. The standard InChI is InChI=1S/C24H23N3O2/c25-20-9-5-11-23(15-20)29-17-21-16-24(27-26-21)19-8-4-10-22(14-19)28-13-12-18-6-2-1-3-7-18/h1-11,14-16H,12-13,17,25H2,(H,26,27). The van der Waals surface area contributed by atoms with Crippen LogP contribution in [0.3, 0.4) is 0 Å². The van der Waals surface area contributed by atoms with Crippen molar-refractivity contribution in [1.82, 2.24) is 10.2 Å². The molecule has 29 heavy (non-hydrogen) atoms. The average Bonchev–Trinajstić information content (AvgIpc) is 3.23. The normalized spacial score (nSPS) is 10.6. The first-order chi connectivity index (χ1) is 14.3. The molecule has 0 aliphatic heterocycles. The number of aromatic nitrogens is 2. The minimum Gasteiger partial charge on any atom is -0.493 e. The van der Waals surface area contributed by atoms with E-state index in [-0.39, 0.29) is 0 Å². The van der Waals surface area contributed by atoms with Crippen LogP contribution in [0.5, 0.6) is 11.5 Å². The summed E-state index contributed by atoms with van der Waals surface area (Å²) in [7, 11) is 0. The van der Waals surface area contributed by atoms with Gasteiger partial charge in [-0.1, -0.05) is 48.5 Å². The maximum atomic E-state index is 5.92. The largest absolute Gasteiger partial charge is 0.493 e. The van der Waals surface area contributed by atoms with Gasteiger partial charge < -0.3 is 15.2 Å². The molecule has 4 aromatic rings. The van der Waals surface area contributed by atoms with Gasteiger partial charge in [-0.05, 0) is 35.9 Å². The molecule has 0 spiro atoms. The van der Waals surface area contributed by atoms with Crippen molar-refractivity contribution in [3.8, 4) is 22.8 Å². The van der Waals surface area contributed by atoms with Gasteiger partial charge >= 0.3 is 0 Å². The Morgan fingerprint density at radius 3 is 2.41 bits per heavy atom. The molecule has 0 unspecified atom stereocenters. The molecule has 0 aliphatic rings. The number of ether oxygens (including phenoxy) is 2. The minimum absolute atomic E-state index is 0.393. The maximum Gasteiger partial charge on any atom is 0.130 e. The second kappa shape index (κ2) is 8.97. The minimum atomic E-state index is 0.393. The predicted octanol–water partition coefficient (Wildman–Crippen LogP) is 4.86. The molecule has 146 valence electrons. The van der Waals surface area contributed by atoms with Gasteiger partial charge in [0.25, 0.3) is 0 Å². The van der Waals surface area contributed by atoms with Gasteiger partial charge in [-0.25, -0.2) is 0 Å². The zero-order valence-corrected chi connectivity index (χ0v) is 16.0. The van der Waals surface area contributed by atoms with Crippen LogP contribution in [0, 0.1) is 0 Å². The van der Waals surface area contributed by atoms with E-state index in [0.717, 1.165) is 34.9 Å². The molecule has 0 atom stereocenters. The van der Waals surface area contributed by atoms with Gasteiger partial charge in [0.05, 0.1) is 18.0 Å². The van der Waals surface area contributed by atoms with Crippen molar-refractivity contribution >= 4 is 5.69 Å². The number of hydrogen-bond donors (Lipinski definition) is 2. The van der Waals surface area contributed by atoms with E-state index >= 15 is 0 Å². The van der Waals surface area contributed by atoms with Gasteiger partial charge in [0.2, 0.25) is 0 Å². The third kappa shape index (κ3) is 5.17. The molecule has 1 aromatic heterocycles. The fraction of sp³-hybridized carbons (Fsp3) is 0.125. The van der Waals surface area contributed by atoms with Crippen LogP contribution in [0.25, 0.3) is 11.3 Å². The molecular weight excluding hydrogens is 362 g/mol. The number of nitrogens with two attached hydrogens (primary N) is 1. The summed E-state index contributed by atoms with van der Waals surface area (Å²) in [6.45, 7) is 1.02. The summed E-state index contributed by atoms with van der Waals surface area (Å²) in [5, 5.41) is 7.43. The van der Waals surface area contributed by atoms with E-state index in [2.05, 4.69) is 22.3 Å². The number of H-pyrrole nitrogens is 1. The quantitative estimate of drug-likeness (QED) is 0.425. The second-order valence-electron chi connectivity index (χ2n) is 6.75. The molecule has 5 nitrogen and oxygen atoms in total. The first kappa shape index (κ1) is 18.6. The van der Waals surface area contributed by atoms with Gasteiger partial charge in [-0.2, -0.15) is 5.10 Å². The van der Waals surface area contributed by atoms with Crippen molar-refractivity contribution in [2.24, 2.45) is 0 Å². The Hall–Kier alpha value is -3.73. The Morgan fingerprint density at radius 1 is 0.793 bits per heavy atom. The molecule has 1 heterocycles. The number of hydrogen-bond acceptors (Lipinski definition) is 4. The van der Waals surface area contributed by atoms with E-state index in [0.29, 0.717) is 18.9 Å². The smallest absolute Gasteiger partial charge is 0.130 e. The lowest BCUT2D eigenvalue weighted by Gasteiger charge is -2.07. The number of aromatic amines is 1. The van der Waals surface area contributed by atoms with Crippen LogP contribution in [0.2, 0.25) is 0 Å². The van der Waals surface area contributed by atoms with E-state index in [1.54, 1.807) is 6.07 Å². The Labute approximate surface area is 170 Å². The average molecular weight is 385 g/mol. The second-order valence-corrected chi connectivity index (χ2v) is 6.75. The Morgan fingerprint density at radius 2 is 1.59 bits per heavy atom. The first-order valence-corrected chi connectivity index (χ1v) is 9.56. The topological polar surface area (TPSA) is 73.2 Å². The summed E-state index contributed by atoms with van der Waals surface area (Å²) in [6, 6.07) is 27.6. The molecule has 0 radical (unpaired) electrons. The number of nitrogens with zero attached hydrogens (tertiary/aromatic N) is 1. The van der Waals surface area contributed by atoms with Crippen molar-refractivity contribution in [1.29, 1.82) is 0 Å². The zero-order chi connectivity index (χ0) is 19.9. The number of benzene rings is 3. The third-order valence-corrected chi connectivity index (χ3v) is 4.52. The zero-order valence-electron chi connectivity index (χ0n) is 16.0. The summed E-state index contributed by atoms with van der Waals surface area (Å²) < 4.78 is 11.7. The van der Waals surface area contributed by atoms with E-state index in [4.69, 9.17) is 15.2 Å². The fourth-order valence-corrected chi connectivity index (χ4v) is 3.03. The molecule has 0 saturated carbocycles. The fourth-order valence-electron chi connectivity index (χ4n) is 3.03. The Balaban J connectivity index is 1.35. The van der Waals surface area contributed by atoms with Crippen molar-refractivity contribution in [2.75, 3.05) is 12.3 Å². The summed E-state index contributed by atoms with van der Waals surface area (Å²) in [6.07, 6.45) is 0.874. The number of rotatable bonds is 8. The highest BCUT2D eigenvalue weighted by molar-refractivity contribution is 5.61. The molecule has 3 N–H and O–H groups in total. The molecule has 0 aliphatic carbocycles. The molecule has 5 heteroatoms. The molecule has 0 fully saturated rings. The summed E-state index contributed by atoms with van der Waals surface area (Å²) >= 11 is 0. The highest BCUT2D eigenvalue weighted by atomic mass is 16.5. The summed E-state index contributed by atoms with van der Waals surface area (Å²) in [5.74, 6) is 1.56. The molecule has 0 bridgehead atoms. The van der Waals surface area contributed by atoms with E-state index in [9.17, 15) is 0 Å². The Bertz CT molecular complexity index is 1060. The van der Waals surface area contributed by atoms with E-state index in [1.807, 2.05) is 66.7 Å². The van der Waals surface area contributed by atoms with Gasteiger partial charge in [0.15, 0.2) is 0 Å². The van der Waals surface area contributed by atoms with Crippen LogP contribution >= 0.6 is 0 Å². The number of nitrogens with one attached hydrogen (secondary N) is 1. The van der Waals surface area contributed by atoms with Crippen LogP contribution < -0.4 is 15.2 Å². The van der Waals surface area contributed by atoms with Crippen LogP contribution in [0.1, 0.15) is 11.3 Å². The lowest BCUT2D eigenvalue weighted by atomic mass is 10.1. The van der Waals surface area contributed by atoms with E-state index < -0.39 is 0 Å². The summed E-state index contributed by atoms with van der Waals surface area (Å²) in [5.41, 5.74) is 10.5. The van der Waals surface area contributed by atoms with Gasteiger partial charge in [-0.15, -0.1) is 0 Å². The lowest BCUT2D eigenvalue weighted by Crippen LogP contribution is -2.01. The number of anilines is 1. The van der Waals surface area contributed by atoms with Crippen LogP contribution in [0.15, 0.2) is 84.9 Å². The monoisotopic (exact) mass is 385 g/mol. The maximum absolute atomic E-state index is 5.92. The third-order valence-electron chi connectivity index (χ3n) is 4.52. The molecule has 3 aromatic carbocycles. The highest BCUT2D eigenvalue weighted by Crippen LogP contribution is 2.24. The first-order valence-electron chi connectivity index (χ1n) is 9.56. The van der Waals surface area contributed by atoms with Crippen molar-refractivity contribution < 1.29 is 9.47 Å². The number of nitrogen functional groups attached to an aromatic ring is 1. The molecule has 0 amide bonds. The molecule has 0 saturated heterocycles. The van der Waals surface area contributed by atoms with Crippen molar-refractivity contribution in [3.05, 3.63) is 96.2 Å². The Kier molecular flexibility index (Phi) is 5.76. The van der Waals surface area contributed by atoms with Gasteiger partial charge in [-0.3, -0.25) is 5.10 Å². The van der Waals surface area contributed by atoms with E-state index in [1.165, 1.54) is 5.56 Å². The lowest BCUT2D eigenvalue weighted by molar-refractivity contribution is 0.301. The predicted molar refractivity (Wildman–Crippen MR) is 115 cm³/mol. The molecule has 4 rings (SSSR count). The van der Waals surface area contributed by atoms with Crippen molar-refractivity contribution in [2.45, 2.75) is 13.0 Å². The van der Waals surface area contributed by atoms with Crippen LogP contribution in [-0.4, -0.2) is 16.8 Å². The summed E-state index contributed by atoms with van der Waals surface area (Å²) in [4.78, 5) is 0. The van der Waals surface area contributed by atoms with Crippen molar-refractivity contribution in [3.63, 3.8) is 0 Å². The van der Waals surface area contributed by atoms with Gasteiger partial charge in [0, 0.05) is 23.7 Å². The highest BCUT2D eigenvalue weighted by Gasteiger charge is 2.06. The molecular formula is C24H23N3O2.